The molecule has 0 N–H and O–H groups in total. The van der Waals surface area contributed by atoms with E-state index in [2.05, 4.69) is 15.9 Å². The molecule has 1 heterocycles. The molecule has 0 amide bonds. The number of benzene rings is 1. The lowest BCUT2D eigenvalue weighted by Crippen LogP contribution is -1.96. The van der Waals surface area contributed by atoms with Crippen LogP contribution in [0.5, 0.6) is 5.75 Å². The molecule has 2 aromatic rings. The maximum absolute atomic E-state index is 13.6. The van der Waals surface area contributed by atoms with E-state index in [9.17, 15) is 4.39 Å². The van der Waals surface area contributed by atoms with Gasteiger partial charge >= 0.3 is 0 Å². The number of thiophene rings is 1. The Morgan fingerprint density at radius 1 is 1.31 bits per heavy atom. The second-order valence-corrected chi connectivity index (χ2v) is 5.93. The molecule has 0 aliphatic heterocycles. The summed E-state index contributed by atoms with van der Waals surface area (Å²) in [5, 5.41) is 0. The summed E-state index contributed by atoms with van der Waals surface area (Å²) in [5.74, 6) is 0.0302. The number of ether oxygens (including phenoxy) is 1. The van der Waals surface area contributed by atoms with Crippen LogP contribution in [-0.2, 0) is 6.61 Å². The van der Waals surface area contributed by atoms with Crippen LogP contribution in [-0.4, -0.2) is 0 Å². The maximum Gasteiger partial charge on any atom is 0.167 e. The van der Waals surface area contributed by atoms with E-state index in [1.807, 2.05) is 12.1 Å². The molecule has 0 fully saturated rings. The van der Waals surface area contributed by atoms with Crippen molar-refractivity contribution >= 4 is 27.3 Å². The Labute approximate surface area is 106 Å². The van der Waals surface area contributed by atoms with Crippen LogP contribution in [0.1, 0.15) is 10.4 Å². The molecule has 0 aliphatic carbocycles. The van der Waals surface area contributed by atoms with Crippen LogP contribution in [0.15, 0.2) is 34.1 Å². The lowest BCUT2D eigenvalue weighted by Gasteiger charge is -2.06. The summed E-state index contributed by atoms with van der Waals surface area (Å²) in [6.45, 7) is 2.13. The van der Waals surface area contributed by atoms with Gasteiger partial charge in [0.25, 0.3) is 0 Å². The van der Waals surface area contributed by atoms with Gasteiger partial charge in [-0.3, -0.25) is 0 Å². The first-order valence-corrected chi connectivity index (χ1v) is 6.40. The van der Waals surface area contributed by atoms with Crippen LogP contribution < -0.4 is 4.74 Å². The van der Waals surface area contributed by atoms with Crippen LogP contribution in [0.25, 0.3) is 0 Å². The second-order valence-electron chi connectivity index (χ2n) is 3.38. The van der Waals surface area contributed by atoms with Crippen LogP contribution in [0.3, 0.4) is 0 Å². The van der Waals surface area contributed by atoms with Gasteiger partial charge in [0.1, 0.15) is 6.61 Å². The standard InChI is InChI=1S/C12H10BrFOS/c1-8-3-2-4-10(12(8)14)15-7-9-5-6-11(13)16-9/h2-6H,7H2,1H3. The SMILES string of the molecule is Cc1cccc(OCc2ccc(Br)s2)c1F. The van der Waals surface area contributed by atoms with Gasteiger partial charge in [-0.1, -0.05) is 12.1 Å². The fourth-order valence-corrected chi connectivity index (χ4v) is 2.71. The van der Waals surface area contributed by atoms with Crippen molar-refractivity contribution in [3.63, 3.8) is 0 Å². The zero-order valence-electron chi connectivity index (χ0n) is 8.67. The minimum atomic E-state index is -0.280. The Morgan fingerprint density at radius 2 is 2.12 bits per heavy atom. The van der Waals surface area contributed by atoms with Crippen molar-refractivity contribution in [2.24, 2.45) is 0 Å². The highest BCUT2D eigenvalue weighted by Gasteiger charge is 2.06. The lowest BCUT2D eigenvalue weighted by atomic mass is 10.2. The van der Waals surface area contributed by atoms with Crippen molar-refractivity contribution < 1.29 is 9.13 Å². The van der Waals surface area contributed by atoms with E-state index in [-0.39, 0.29) is 5.82 Å². The Morgan fingerprint density at radius 3 is 2.81 bits per heavy atom. The summed E-state index contributed by atoms with van der Waals surface area (Å²) in [5.41, 5.74) is 0.602. The maximum atomic E-state index is 13.6. The van der Waals surface area contributed by atoms with E-state index >= 15 is 0 Å². The minimum Gasteiger partial charge on any atom is -0.485 e. The van der Waals surface area contributed by atoms with E-state index in [1.54, 1.807) is 36.5 Å². The molecule has 0 aliphatic rings. The second kappa shape index (κ2) is 4.97. The Bertz CT molecular complexity index is 496. The van der Waals surface area contributed by atoms with Gasteiger partial charge in [0.2, 0.25) is 0 Å². The van der Waals surface area contributed by atoms with Gasteiger partial charge in [-0.15, -0.1) is 11.3 Å². The van der Waals surface area contributed by atoms with Crippen molar-refractivity contribution in [2.45, 2.75) is 13.5 Å². The Kier molecular flexibility index (Phi) is 3.61. The highest BCUT2D eigenvalue weighted by molar-refractivity contribution is 9.11. The van der Waals surface area contributed by atoms with Gasteiger partial charge in [-0.25, -0.2) is 4.39 Å². The Balaban J connectivity index is 2.07. The van der Waals surface area contributed by atoms with Crippen LogP contribution >= 0.6 is 27.3 Å². The predicted octanol–water partition coefficient (Wildman–Crippen LogP) is 4.54. The van der Waals surface area contributed by atoms with Crippen molar-refractivity contribution in [2.75, 3.05) is 0 Å². The smallest absolute Gasteiger partial charge is 0.167 e. The third-order valence-electron chi connectivity index (χ3n) is 2.16. The number of hydrogen-bond acceptors (Lipinski definition) is 2. The molecule has 0 saturated heterocycles. The van der Waals surface area contributed by atoms with Crippen molar-refractivity contribution in [3.8, 4) is 5.75 Å². The third-order valence-corrected chi connectivity index (χ3v) is 3.75. The Hall–Kier alpha value is -0.870. The summed E-state index contributed by atoms with van der Waals surface area (Å²) in [6, 6.07) is 9.07. The fourth-order valence-electron chi connectivity index (χ4n) is 1.31. The average molecular weight is 301 g/mol. The van der Waals surface area contributed by atoms with E-state index in [1.165, 1.54) is 0 Å². The van der Waals surface area contributed by atoms with E-state index in [0.717, 1.165) is 8.66 Å². The fraction of sp³-hybridized carbons (Fsp3) is 0.167. The monoisotopic (exact) mass is 300 g/mol. The summed E-state index contributed by atoms with van der Waals surface area (Å²) in [4.78, 5) is 1.06. The molecule has 0 saturated carbocycles. The number of aryl methyl sites for hydroxylation is 1. The summed E-state index contributed by atoms with van der Waals surface area (Å²) >= 11 is 4.96. The third kappa shape index (κ3) is 2.62. The van der Waals surface area contributed by atoms with Crippen molar-refractivity contribution in [3.05, 3.63) is 50.4 Å². The quantitative estimate of drug-likeness (QED) is 0.809. The molecule has 0 bridgehead atoms. The molecule has 0 radical (unpaired) electrons. The molecule has 0 atom stereocenters. The lowest BCUT2D eigenvalue weighted by molar-refractivity contribution is 0.293. The zero-order chi connectivity index (χ0) is 11.5. The highest BCUT2D eigenvalue weighted by atomic mass is 79.9. The molecule has 84 valence electrons. The first kappa shape index (κ1) is 11.6. The molecule has 16 heavy (non-hydrogen) atoms. The predicted molar refractivity (Wildman–Crippen MR) is 67.5 cm³/mol. The molecule has 0 unspecified atom stereocenters. The molecular weight excluding hydrogens is 291 g/mol. The summed E-state index contributed by atoms with van der Waals surface area (Å²) in [7, 11) is 0. The number of halogens is 2. The molecule has 4 heteroatoms. The summed E-state index contributed by atoms with van der Waals surface area (Å²) < 4.78 is 20.1. The molecule has 2 rings (SSSR count). The van der Waals surface area contributed by atoms with Gasteiger partial charge in [0.15, 0.2) is 11.6 Å². The molecular formula is C12H10BrFOS. The normalized spacial score (nSPS) is 10.4. The van der Waals surface area contributed by atoms with Gasteiger partial charge in [0, 0.05) is 4.88 Å². The first-order chi connectivity index (χ1) is 7.66. The largest absolute Gasteiger partial charge is 0.485 e. The molecule has 1 aromatic heterocycles. The molecule has 1 aromatic carbocycles. The summed E-state index contributed by atoms with van der Waals surface area (Å²) in [6.07, 6.45) is 0. The number of rotatable bonds is 3. The van der Waals surface area contributed by atoms with Crippen LogP contribution in [0, 0.1) is 12.7 Å². The molecule has 0 spiro atoms. The zero-order valence-corrected chi connectivity index (χ0v) is 11.1. The molecule has 1 nitrogen and oxygen atoms in total. The first-order valence-electron chi connectivity index (χ1n) is 4.79. The topological polar surface area (TPSA) is 9.23 Å². The average Bonchev–Trinajstić information content (AvgIpc) is 2.67. The highest BCUT2D eigenvalue weighted by Crippen LogP contribution is 2.25. The van der Waals surface area contributed by atoms with Crippen LogP contribution in [0.2, 0.25) is 0 Å². The van der Waals surface area contributed by atoms with Gasteiger partial charge in [-0.05, 0) is 46.6 Å². The van der Waals surface area contributed by atoms with Gasteiger partial charge < -0.3 is 4.74 Å². The van der Waals surface area contributed by atoms with Crippen molar-refractivity contribution in [1.82, 2.24) is 0 Å². The minimum absolute atomic E-state index is 0.280. The van der Waals surface area contributed by atoms with Crippen LogP contribution in [0.4, 0.5) is 4.39 Å². The van der Waals surface area contributed by atoms with Gasteiger partial charge in [0.05, 0.1) is 3.79 Å². The van der Waals surface area contributed by atoms with E-state index in [4.69, 9.17) is 4.74 Å². The number of hydrogen-bond donors (Lipinski definition) is 0. The van der Waals surface area contributed by atoms with E-state index < -0.39 is 0 Å². The van der Waals surface area contributed by atoms with E-state index in [0.29, 0.717) is 17.9 Å². The van der Waals surface area contributed by atoms with Gasteiger partial charge in [-0.2, -0.15) is 0 Å². The van der Waals surface area contributed by atoms with Crippen molar-refractivity contribution in [1.29, 1.82) is 0 Å².